The molecule has 14 heavy (non-hydrogen) atoms. The Hall–Kier alpha value is -0.0500. The molecule has 1 rings (SSSR count). The molecular formula is C11H17BrClN. The second-order valence-electron chi connectivity index (χ2n) is 4.40. The van der Waals surface area contributed by atoms with Crippen molar-refractivity contribution in [3.8, 4) is 0 Å². The summed E-state index contributed by atoms with van der Waals surface area (Å²) in [4.78, 5) is 0. The maximum atomic E-state index is 6.12. The van der Waals surface area contributed by atoms with Crippen LogP contribution in [0.5, 0.6) is 0 Å². The molecule has 0 aliphatic heterocycles. The number of halogens is 2. The maximum absolute atomic E-state index is 6.12. The number of benzene rings is 1. The van der Waals surface area contributed by atoms with Gasteiger partial charge in [-0.1, -0.05) is 48.8 Å². The third kappa shape index (κ3) is 3.60. The summed E-state index contributed by atoms with van der Waals surface area (Å²) in [6.45, 7) is 6.45. The quantitative estimate of drug-likeness (QED) is 0.828. The molecule has 0 aromatic heterocycles. The van der Waals surface area contributed by atoms with Crippen molar-refractivity contribution in [3.63, 3.8) is 0 Å². The molecule has 0 heterocycles. The van der Waals surface area contributed by atoms with Crippen LogP contribution in [0.2, 0.25) is 0 Å². The molecule has 80 valence electrons. The Kier molecular flexibility index (Phi) is 5.13. The molecule has 0 aliphatic rings. The summed E-state index contributed by atoms with van der Waals surface area (Å²) in [5.41, 5.74) is 7.41. The summed E-state index contributed by atoms with van der Waals surface area (Å²) in [6, 6.07) is 8.27. The van der Waals surface area contributed by atoms with E-state index in [-0.39, 0.29) is 23.9 Å². The Labute approximate surface area is 101 Å². The first kappa shape index (κ1) is 13.9. The van der Waals surface area contributed by atoms with Gasteiger partial charge in [-0.05, 0) is 23.1 Å². The Morgan fingerprint density at radius 1 is 1.29 bits per heavy atom. The van der Waals surface area contributed by atoms with Gasteiger partial charge in [0.05, 0.1) is 0 Å². The lowest BCUT2D eigenvalue weighted by Crippen LogP contribution is -2.26. The first-order chi connectivity index (χ1) is 5.91. The number of rotatable bonds is 1. The Balaban J connectivity index is 0.00000169. The van der Waals surface area contributed by atoms with Gasteiger partial charge in [0, 0.05) is 10.5 Å². The van der Waals surface area contributed by atoms with E-state index in [0.717, 1.165) is 4.47 Å². The predicted octanol–water partition coefficient (Wildman–Crippen LogP) is 3.92. The van der Waals surface area contributed by atoms with E-state index in [4.69, 9.17) is 5.73 Å². The average Bonchev–Trinajstić information content (AvgIpc) is 2.01. The van der Waals surface area contributed by atoms with Gasteiger partial charge in [-0.3, -0.25) is 0 Å². The minimum Gasteiger partial charge on any atom is -0.324 e. The topological polar surface area (TPSA) is 26.0 Å². The third-order valence-corrected chi connectivity index (χ3v) is 2.63. The smallest absolute Gasteiger partial charge is 0.0344 e. The zero-order chi connectivity index (χ0) is 10.1. The molecule has 1 atom stereocenters. The summed E-state index contributed by atoms with van der Waals surface area (Å²) in [6.07, 6.45) is 0. The van der Waals surface area contributed by atoms with Crippen LogP contribution in [0.15, 0.2) is 28.7 Å². The molecule has 0 spiro atoms. The molecule has 0 amide bonds. The predicted molar refractivity (Wildman–Crippen MR) is 67.8 cm³/mol. The van der Waals surface area contributed by atoms with Gasteiger partial charge in [-0.25, -0.2) is 0 Å². The number of hydrogen-bond acceptors (Lipinski definition) is 1. The SMILES string of the molecule is CC(C)(C)[C@H](N)c1cccc(Br)c1.Cl. The highest BCUT2D eigenvalue weighted by molar-refractivity contribution is 9.10. The highest BCUT2D eigenvalue weighted by atomic mass is 79.9. The lowest BCUT2D eigenvalue weighted by molar-refractivity contribution is 0.327. The van der Waals surface area contributed by atoms with Crippen molar-refractivity contribution in [1.29, 1.82) is 0 Å². The van der Waals surface area contributed by atoms with Gasteiger partial charge in [0.2, 0.25) is 0 Å². The van der Waals surface area contributed by atoms with Crippen LogP contribution in [0.1, 0.15) is 32.4 Å². The van der Waals surface area contributed by atoms with Crippen molar-refractivity contribution < 1.29 is 0 Å². The van der Waals surface area contributed by atoms with Gasteiger partial charge in [-0.15, -0.1) is 12.4 Å². The monoisotopic (exact) mass is 277 g/mol. The summed E-state index contributed by atoms with van der Waals surface area (Å²) in [7, 11) is 0. The molecule has 0 fully saturated rings. The van der Waals surface area contributed by atoms with Gasteiger partial charge in [0.25, 0.3) is 0 Å². The van der Waals surface area contributed by atoms with Crippen molar-refractivity contribution in [2.45, 2.75) is 26.8 Å². The van der Waals surface area contributed by atoms with E-state index in [1.54, 1.807) is 0 Å². The van der Waals surface area contributed by atoms with E-state index in [9.17, 15) is 0 Å². The molecule has 0 saturated heterocycles. The van der Waals surface area contributed by atoms with Gasteiger partial charge in [0.1, 0.15) is 0 Å². The molecular weight excluding hydrogens is 261 g/mol. The van der Waals surface area contributed by atoms with Gasteiger partial charge < -0.3 is 5.73 Å². The van der Waals surface area contributed by atoms with Crippen LogP contribution in [0, 0.1) is 5.41 Å². The number of nitrogens with two attached hydrogens (primary N) is 1. The van der Waals surface area contributed by atoms with Crippen molar-refractivity contribution in [2.75, 3.05) is 0 Å². The van der Waals surface area contributed by atoms with E-state index in [2.05, 4.69) is 48.8 Å². The normalized spacial score (nSPS) is 13.2. The van der Waals surface area contributed by atoms with Crippen LogP contribution in [0.4, 0.5) is 0 Å². The van der Waals surface area contributed by atoms with Crippen molar-refractivity contribution in [1.82, 2.24) is 0 Å². The first-order valence-corrected chi connectivity index (χ1v) is 5.21. The van der Waals surface area contributed by atoms with Crippen LogP contribution in [-0.2, 0) is 0 Å². The molecule has 1 aromatic carbocycles. The fourth-order valence-corrected chi connectivity index (χ4v) is 1.62. The Morgan fingerprint density at radius 2 is 1.86 bits per heavy atom. The van der Waals surface area contributed by atoms with E-state index < -0.39 is 0 Å². The molecule has 2 N–H and O–H groups in total. The highest BCUT2D eigenvalue weighted by Crippen LogP contribution is 2.31. The summed E-state index contributed by atoms with van der Waals surface area (Å²) < 4.78 is 1.09. The summed E-state index contributed by atoms with van der Waals surface area (Å²) in [5, 5.41) is 0. The Morgan fingerprint density at radius 3 is 2.29 bits per heavy atom. The maximum Gasteiger partial charge on any atom is 0.0344 e. The molecule has 0 aliphatic carbocycles. The number of hydrogen-bond donors (Lipinski definition) is 1. The second kappa shape index (κ2) is 5.15. The first-order valence-electron chi connectivity index (χ1n) is 4.42. The fraction of sp³-hybridized carbons (Fsp3) is 0.455. The van der Waals surface area contributed by atoms with E-state index in [0.29, 0.717) is 0 Å². The van der Waals surface area contributed by atoms with Crippen LogP contribution in [0.25, 0.3) is 0 Å². The van der Waals surface area contributed by atoms with Crippen molar-refractivity contribution in [3.05, 3.63) is 34.3 Å². The molecule has 0 radical (unpaired) electrons. The Bertz CT molecular complexity index is 294. The largest absolute Gasteiger partial charge is 0.324 e. The fourth-order valence-electron chi connectivity index (χ4n) is 1.20. The van der Waals surface area contributed by atoms with Crippen LogP contribution in [-0.4, -0.2) is 0 Å². The third-order valence-electron chi connectivity index (χ3n) is 2.14. The van der Waals surface area contributed by atoms with Crippen LogP contribution in [0.3, 0.4) is 0 Å². The van der Waals surface area contributed by atoms with Crippen molar-refractivity contribution in [2.24, 2.45) is 11.1 Å². The summed E-state index contributed by atoms with van der Waals surface area (Å²) >= 11 is 3.44. The van der Waals surface area contributed by atoms with Crippen molar-refractivity contribution >= 4 is 28.3 Å². The molecule has 3 heteroatoms. The van der Waals surface area contributed by atoms with E-state index >= 15 is 0 Å². The van der Waals surface area contributed by atoms with Gasteiger partial charge in [0.15, 0.2) is 0 Å². The molecule has 0 unspecified atom stereocenters. The summed E-state index contributed by atoms with van der Waals surface area (Å²) in [5.74, 6) is 0. The van der Waals surface area contributed by atoms with Crippen LogP contribution >= 0.6 is 28.3 Å². The highest BCUT2D eigenvalue weighted by Gasteiger charge is 2.21. The molecule has 1 aromatic rings. The van der Waals surface area contributed by atoms with E-state index in [1.807, 2.05) is 12.1 Å². The minimum absolute atomic E-state index is 0. The van der Waals surface area contributed by atoms with Gasteiger partial charge >= 0.3 is 0 Å². The zero-order valence-electron chi connectivity index (χ0n) is 8.75. The molecule has 1 nitrogen and oxygen atoms in total. The molecule has 0 bridgehead atoms. The average molecular weight is 279 g/mol. The van der Waals surface area contributed by atoms with Crippen LogP contribution < -0.4 is 5.73 Å². The standard InChI is InChI=1S/C11H16BrN.ClH/c1-11(2,3)10(13)8-5-4-6-9(12)7-8;/h4-7,10H,13H2,1-3H3;1H/t10-;/m1./s1. The van der Waals surface area contributed by atoms with Gasteiger partial charge in [-0.2, -0.15) is 0 Å². The minimum atomic E-state index is 0. The molecule has 0 saturated carbocycles. The lowest BCUT2D eigenvalue weighted by atomic mass is 9.83. The second-order valence-corrected chi connectivity index (χ2v) is 5.31. The zero-order valence-corrected chi connectivity index (χ0v) is 11.2. The van der Waals surface area contributed by atoms with E-state index in [1.165, 1.54) is 5.56 Å². The lowest BCUT2D eigenvalue weighted by Gasteiger charge is -2.27.